The van der Waals surface area contributed by atoms with Crippen molar-refractivity contribution in [1.82, 2.24) is 5.32 Å². The van der Waals surface area contributed by atoms with Gasteiger partial charge in [0.25, 0.3) is 0 Å². The number of amides is 2. The molecular weight excluding hydrogens is 496 g/mol. The van der Waals surface area contributed by atoms with E-state index in [0.717, 1.165) is 16.3 Å². The zero-order chi connectivity index (χ0) is 27.9. The molecule has 0 saturated heterocycles. The number of nitrogens with one attached hydrogen (secondary N) is 1. The first kappa shape index (κ1) is 27.3. The fraction of sp³-hybridized carbons (Fsp3) is 0.194. The smallest absolute Gasteiger partial charge is 0.338 e. The Balaban J connectivity index is 1.80. The van der Waals surface area contributed by atoms with Gasteiger partial charge in [-0.15, -0.1) is 0 Å². The van der Waals surface area contributed by atoms with Gasteiger partial charge in [-0.1, -0.05) is 97.1 Å². The van der Waals surface area contributed by atoms with E-state index in [4.69, 9.17) is 10.5 Å². The van der Waals surface area contributed by atoms with Gasteiger partial charge in [-0.05, 0) is 33.5 Å². The largest absolute Gasteiger partial charge is 0.481 e. The van der Waals surface area contributed by atoms with Crippen LogP contribution in [-0.2, 0) is 32.9 Å². The molecule has 0 heterocycles. The number of carboxylic acid groups (broad SMARTS) is 1. The molecule has 2 amide bonds. The van der Waals surface area contributed by atoms with Crippen LogP contribution in [0.15, 0.2) is 103 Å². The van der Waals surface area contributed by atoms with Gasteiger partial charge in [0.2, 0.25) is 0 Å². The van der Waals surface area contributed by atoms with E-state index in [1.54, 1.807) is 72.8 Å². The Labute approximate surface area is 226 Å². The first-order chi connectivity index (χ1) is 18.7. The lowest BCUT2D eigenvalue weighted by Gasteiger charge is -2.39. The lowest BCUT2D eigenvalue weighted by molar-refractivity contribution is -0.170. The molecule has 0 bridgehead atoms. The van der Waals surface area contributed by atoms with E-state index >= 15 is 0 Å². The lowest BCUT2D eigenvalue weighted by atomic mass is 9.74. The number of ether oxygens (including phenoxy) is 1. The average molecular weight is 527 g/mol. The van der Waals surface area contributed by atoms with Gasteiger partial charge >= 0.3 is 18.0 Å². The molecule has 0 aliphatic carbocycles. The second-order valence-electron chi connectivity index (χ2n) is 9.64. The van der Waals surface area contributed by atoms with E-state index < -0.39 is 42.0 Å². The van der Waals surface area contributed by atoms with Crippen LogP contribution >= 0.6 is 0 Å². The Kier molecular flexibility index (Phi) is 8.27. The molecule has 2 atom stereocenters. The summed E-state index contributed by atoms with van der Waals surface area (Å²) in [6.07, 6.45) is -1.33. The van der Waals surface area contributed by atoms with Crippen molar-refractivity contribution < 1.29 is 29.3 Å². The summed E-state index contributed by atoms with van der Waals surface area (Å²) in [7, 11) is 0. The first-order valence-electron chi connectivity index (χ1n) is 12.5. The van der Waals surface area contributed by atoms with E-state index in [9.17, 15) is 24.6 Å². The molecule has 0 saturated carbocycles. The number of fused-ring (bicyclic) bond motifs is 1. The van der Waals surface area contributed by atoms with Gasteiger partial charge in [0.1, 0.15) is 6.61 Å². The Morgan fingerprint density at radius 1 is 0.795 bits per heavy atom. The maximum absolute atomic E-state index is 13.6. The second kappa shape index (κ2) is 11.8. The van der Waals surface area contributed by atoms with Crippen molar-refractivity contribution in [1.29, 1.82) is 0 Å². The topological polar surface area (TPSA) is 139 Å². The number of carbonyl (C=O) groups is 3. The maximum atomic E-state index is 13.6. The molecule has 0 spiro atoms. The summed E-state index contributed by atoms with van der Waals surface area (Å²) in [4.78, 5) is 38.0. The van der Waals surface area contributed by atoms with Crippen LogP contribution in [0.5, 0.6) is 0 Å². The Morgan fingerprint density at radius 2 is 1.38 bits per heavy atom. The molecule has 0 aliphatic rings. The van der Waals surface area contributed by atoms with Crippen molar-refractivity contribution in [2.45, 2.75) is 37.0 Å². The van der Waals surface area contributed by atoms with E-state index in [1.165, 1.54) is 0 Å². The second-order valence-corrected chi connectivity index (χ2v) is 9.64. The van der Waals surface area contributed by atoms with Crippen molar-refractivity contribution in [2.75, 3.05) is 0 Å². The minimum Gasteiger partial charge on any atom is -0.481 e. The quantitative estimate of drug-likeness (QED) is 0.215. The van der Waals surface area contributed by atoms with Gasteiger partial charge in [-0.2, -0.15) is 0 Å². The molecular formula is C31H30N2O6. The van der Waals surface area contributed by atoms with Crippen LogP contribution in [0.25, 0.3) is 10.8 Å². The third-order valence-corrected chi connectivity index (χ3v) is 6.64. The van der Waals surface area contributed by atoms with Crippen molar-refractivity contribution in [3.63, 3.8) is 0 Å². The molecule has 1 unspecified atom stereocenters. The minimum atomic E-state index is -2.22. The molecule has 8 heteroatoms. The highest BCUT2D eigenvalue weighted by atomic mass is 16.5. The maximum Gasteiger partial charge on any atom is 0.338 e. The van der Waals surface area contributed by atoms with Gasteiger partial charge in [-0.3, -0.25) is 4.79 Å². The molecule has 200 valence electrons. The number of aliphatic carboxylic acids is 1. The summed E-state index contributed by atoms with van der Waals surface area (Å²) < 4.78 is 5.55. The van der Waals surface area contributed by atoms with Crippen LogP contribution in [-0.4, -0.2) is 33.8 Å². The summed E-state index contributed by atoms with van der Waals surface area (Å²) in [6, 6.07) is 29.4. The summed E-state index contributed by atoms with van der Waals surface area (Å²) in [5.41, 5.74) is 3.30. The lowest BCUT2D eigenvalue weighted by Crippen LogP contribution is -2.57. The number of esters is 1. The van der Waals surface area contributed by atoms with Crippen LogP contribution in [0, 0.1) is 0 Å². The van der Waals surface area contributed by atoms with Crippen LogP contribution in [0.2, 0.25) is 0 Å². The number of carbonyl (C=O) groups excluding carboxylic acids is 2. The van der Waals surface area contributed by atoms with Gasteiger partial charge in [0, 0.05) is 12.8 Å². The molecule has 5 N–H and O–H groups in total. The van der Waals surface area contributed by atoms with Gasteiger partial charge < -0.3 is 26.0 Å². The van der Waals surface area contributed by atoms with E-state index in [-0.39, 0.29) is 13.0 Å². The number of primary amides is 1. The number of hydrogen-bond donors (Lipinski definition) is 4. The first-order valence-corrected chi connectivity index (χ1v) is 12.5. The number of aliphatic hydroxyl groups is 1. The molecule has 39 heavy (non-hydrogen) atoms. The fourth-order valence-corrected chi connectivity index (χ4v) is 4.91. The number of carboxylic acids is 1. The predicted molar refractivity (Wildman–Crippen MR) is 147 cm³/mol. The van der Waals surface area contributed by atoms with Crippen molar-refractivity contribution in [2.24, 2.45) is 5.73 Å². The van der Waals surface area contributed by atoms with E-state index in [2.05, 4.69) is 5.32 Å². The predicted octanol–water partition coefficient (Wildman–Crippen LogP) is 4.29. The Morgan fingerprint density at radius 3 is 2.00 bits per heavy atom. The number of benzene rings is 4. The zero-order valence-corrected chi connectivity index (χ0v) is 21.2. The van der Waals surface area contributed by atoms with E-state index in [1.807, 2.05) is 30.3 Å². The zero-order valence-electron chi connectivity index (χ0n) is 21.2. The number of nitrogens with two attached hydrogens (primary N) is 1. The van der Waals surface area contributed by atoms with Crippen molar-refractivity contribution in [3.8, 4) is 0 Å². The summed E-state index contributed by atoms with van der Waals surface area (Å²) in [6.45, 7) is -0.0953. The molecule has 4 rings (SSSR count). The SMILES string of the molecule is NC(=O)NC(CC(=O)O)(C[C@@](O)(Cc1ccccc1)C(=O)OCc1ccccc1)c1ccc2ccccc2c1. The standard InChI is InChI=1S/C31H30N2O6/c32-29(37)33-30(19-27(34)35,26-16-15-24-13-7-8-14-25(24)17-26)21-31(38,18-22-9-3-1-4-10-22)28(36)39-20-23-11-5-2-6-12-23/h1-17,38H,18-21H2,(H,34,35)(H3,32,33,37)/t30?,31-/m0/s1. The van der Waals surface area contributed by atoms with Gasteiger partial charge in [-0.25, -0.2) is 9.59 Å². The van der Waals surface area contributed by atoms with Gasteiger partial charge in [0.15, 0.2) is 5.60 Å². The van der Waals surface area contributed by atoms with Crippen LogP contribution < -0.4 is 11.1 Å². The summed E-state index contributed by atoms with van der Waals surface area (Å²) >= 11 is 0. The Bertz CT molecular complexity index is 1440. The molecule has 8 nitrogen and oxygen atoms in total. The molecule has 4 aromatic rings. The summed E-state index contributed by atoms with van der Waals surface area (Å²) in [5, 5.41) is 26.2. The number of hydrogen-bond acceptors (Lipinski definition) is 5. The fourth-order valence-electron chi connectivity index (χ4n) is 4.91. The van der Waals surface area contributed by atoms with Gasteiger partial charge in [0.05, 0.1) is 12.0 Å². The van der Waals surface area contributed by atoms with Crippen molar-refractivity contribution >= 4 is 28.7 Å². The Hall–Kier alpha value is -4.69. The monoisotopic (exact) mass is 526 g/mol. The highest BCUT2D eigenvalue weighted by Gasteiger charge is 2.49. The molecule has 0 fully saturated rings. The average Bonchev–Trinajstić information content (AvgIpc) is 2.91. The third kappa shape index (κ3) is 6.80. The van der Waals surface area contributed by atoms with Crippen LogP contribution in [0.3, 0.4) is 0 Å². The van der Waals surface area contributed by atoms with Crippen molar-refractivity contribution in [3.05, 3.63) is 120 Å². The highest BCUT2D eigenvalue weighted by Crippen LogP contribution is 2.38. The summed E-state index contributed by atoms with van der Waals surface area (Å²) in [5.74, 6) is -2.20. The van der Waals surface area contributed by atoms with Crippen LogP contribution in [0.1, 0.15) is 29.5 Å². The van der Waals surface area contributed by atoms with E-state index in [0.29, 0.717) is 11.1 Å². The molecule has 0 aromatic heterocycles. The third-order valence-electron chi connectivity index (χ3n) is 6.64. The normalized spacial score (nSPS) is 14.1. The molecule has 0 radical (unpaired) electrons. The molecule has 0 aliphatic heterocycles. The molecule has 4 aromatic carbocycles. The van der Waals surface area contributed by atoms with Crippen LogP contribution in [0.4, 0.5) is 4.79 Å². The minimum absolute atomic E-state index is 0.0953. The highest BCUT2D eigenvalue weighted by molar-refractivity contribution is 5.85. The number of urea groups is 1. The number of rotatable bonds is 11.